The maximum absolute atomic E-state index is 12.5. The normalized spacial score (nSPS) is 10.7. The van der Waals surface area contributed by atoms with E-state index < -0.39 is 0 Å². The summed E-state index contributed by atoms with van der Waals surface area (Å²) in [4.78, 5) is 20.8. The number of rotatable bonds is 9. The molecular formula is C26H23Cl2N3O3S. The Morgan fingerprint density at radius 1 is 0.914 bits per heavy atom. The van der Waals surface area contributed by atoms with Crippen molar-refractivity contribution in [1.82, 2.24) is 15.3 Å². The molecule has 1 heterocycles. The Morgan fingerprint density at radius 2 is 1.49 bits per heavy atom. The Kier molecular flexibility index (Phi) is 8.23. The van der Waals surface area contributed by atoms with Crippen molar-refractivity contribution in [2.75, 3.05) is 26.5 Å². The van der Waals surface area contributed by atoms with Crippen LogP contribution in [0.3, 0.4) is 0 Å². The molecule has 0 saturated heterocycles. The van der Waals surface area contributed by atoms with E-state index in [4.69, 9.17) is 37.7 Å². The maximum Gasteiger partial charge on any atom is 0.254 e. The molecule has 4 rings (SSSR count). The average Bonchev–Trinajstić information content (AvgIpc) is 3.31. The van der Waals surface area contributed by atoms with Gasteiger partial charge in [-0.1, -0.05) is 41.0 Å². The number of amides is 1. The lowest BCUT2D eigenvalue weighted by Crippen LogP contribution is -2.26. The number of imidazole rings is 1. The Labute approximate surface area is 218 Å². The second-order valence-electron chi connectivity index (χ2n) is 7.42. The third kappa shape index (κ3) is 5.93. The van der Waals surface area contributed by atoms with E-state index in [1.165, 1.54) is 11.8 Å². The quantitative estimate of drug-likeness (QED) is 0.189. The predicted octanol–water partition coefficient (Wildman–Crippen LogP) is 6.59. The standard InChI is InChI=1S/C26H23Cl2N3O3S/c1-33-18-10-6-16(7-11-18)23-24(17-8-12-19(34-2)13-9-17)31-26(30-23)35-15-14-29-25(32)22-20(27)4-3-5-21(22)28/h3-13H,14-15H2,1-2H3,(H,29,32)(H,30,31). The van der Waals surface area contributed by atoms with E-state index in [-0.39, 0.29) is 11.5 Å². The van der Waals surface area contributed by atoms with Gasteiger partial charge >= 0.3 is 0 Å². The number of H-pyrrole nitrogens is 1. The predicted molar refractivity (Wildman–Crippen MR) is 142 cm³/mol. The number of thioether (sulfide) groups is 1. The Bertz CT molecular complexity index is 1220. The number of carbonyl (C=O) groups excluding carboxylic acids is 1. The fourth-order valence-corrected chi connectivity index (χ4v) is 4.76. The Balaban J connectivity index is 1.50. The zero-order valence-corrected chi connectivity index (χ0v) is 21.4. The first-order valence-electron chi connectivity index (χ1n) is 10.7. The highest BCUT2D eigenvalue weighted by atomic mass is 35.5. The Hall–Kier alpha value is -3.13. The van der Waals surface area contributed by atoms with E-state index in [1.54, 1.807) is 32.4 Å². The minimum Gasteiger partial charge on any atom is -0.497 e. The molecule has 4 aromatic rings. The summed E-state index contributed by atoms with van der Waals surface area (Å²) in [6.07, 6.45) is 0. The Morgan fingerprint density at radius 3 is 2.06 bits per heavy atom. The van der Waals surface area contributed by atoms with Gasteiger partial charge in [-0.2, -0.15) is 0 Å². The molecule has 0 aliphatic rings. The second kappa shape index (κ2) is 11.5. The number of methoxy groups -OCH3 is 2. The topological polar surface area (TPSA) is 76.2 Å². The lowest BCUT2D eigenvalue weighted by molar-refractivity contribution is 0.0956. The summed E-state index contributed by atoms with van der Waals surface area (Å²) in [5.41, 5.74) is 3.95. The van der Waals surface area contributed by atoms with Gasteiger partial charge in [0.1, 0.15) is 11.5 Å². The van der Waals surface area contributed by atoms with Crippen LogP contribution in [0.5, 0.6) is 11.5 Å². The molecule has 0 saturated carbocycles. The molecule has 35 heavy (non-hydrogen) atoms. The number of hydrogen-bond donors (Lipinski definition) is 2. The van der Waals surface area contributed by atoms with Crippen molar-refractivity contribution in [3.05, 3.63) is 82.3 Å². The molecule has 0 fully saturated rings. The van der Waals surface area contributed by atoms with E-state index in [9.17, 15) is 4.79 Å². The number of ether oxygens (including phenoxy) is 2. The molecule has 0 bridgehead atoms. The molecule has 180 valence electrons. The van der Waals surface area contributed by atoms with Gasteiger partial charge in [-0.3, -0.25) is 4.79 Å². The first-order chi connectivity index (χ1) is 17.0. The van der Waals surface area contributed by atoms with Crippen LogP contribution in [0.2, 0.25) is 10.0 Å². The van der Waals surface area contributed by atoms with Crippen LogP contribution < -0.4 is 14.8 Å². The molecule has 2 N–H and O–H groups in total. The molecule has 0 aliphatic heterocycles. The van der Waals surface area contributed by atoms with Gasteiger partial charge in [0.05, 0.1) is 41.2 Å². The molecule has 6 nitrogen and oxygen atoms in total. The number of nitrogens with one attached hydrogen (secondary N) is 2. The van der Waals surface area contributed by atoms with Gasteiger partial charge in [0, 0.05) is 23.4 Å². The van der Waals surface area contributed by atoms with E-state index in [0.29, 0.717) is 22.3 Å². The highest BCUT2D eigenvalue weighted by molar-refractivity contribution is 7.99. The second-order valence-corrected chi connectivity index (χ2v) is 9.32. The molecular weight excluding hydrogens is 505 g/mol. The fourth-order valence-electron chi connectivity index (χ4n) is 3.46. The summed E-state index contributed by atoms with van der Waals surface area (Å²) >= 11 is 13.8. The lowest BCUT2D eigenvalue weighted by Gasteiger charge is -2.07. The van der Waals surface area contributed by atoms with Crippen LogP contribution in [-0.2, 0) is 0 Å². The van der Waals surface area contributed by atoms with Gasteiger partial charge in [-0.05, 0) is 60.7 Å². The summed E-state index contributed by atoms with van der Waals surface area (Å²) < 4.78 is 10.6. The van der Waals surface area contributed by atoms with Gasteiger partial charge in [-0.15, -0.1) is 0 Å². The van der Waals surface area contributed by atoms with Crippen molar-refractivity contribution in [3.63, 3.8) is 0 Å². The van der Waals surface area contributed by atoms with E-state index in [2.05, 4.69) is 10.3 Å². The van der Waals surface area contributed by atoms with Crippen LogP contribution in [0.15, 0.2) is 71.9 Å². The number of aromatic nitrogens is 2. The van der Waals surface area contributed by atoms with E-state index >= 15 is 0 Å². The van der Waals surface area contributed by atoms with Crippen molar-refractivity contribution < 1.29 is 14.3 Å². The van der Waals surface area contributed by atoms with Crippen LogP contribution in [-0.4, -0.2) is 42.4 Å². The summed E-state index contributed by atoms with van der Waals surface area (Å²) in [6.45, 7) is 0.418. The SMILES string of the molecule is COc1ccc(-c2nc(SCCNC(=O)c3c(Cl)cccc3Cl)[nH]c2-c2ccc(OC)cc2)cc1. The van der Waals surface area contributed by atoms with Crippen LogP contribution >= 0.6 is 35.0 Å². The average molecular weight is 528 g/mol. The number of nitrogens with zero attached hydrogens (tertiary/aromatic N) is 1. The molecule has 3 aromatic carbocycles. The highest BCUT2D eigenvalue weighted by Gasteiger charge is 2.16. The zero-order chi connectivity index (χ0) is 24.8. The van der Waals surface area contributed by atoms with Gasteiger partial charge in [0.2, 0.25) is 0 Å². The van der Waals surface area contributed by atoms with Crippen molar-refractivity contribution in [2.24, 2.45) is 0 Å². The minimum atomic E-state index is -0.307. The van der Waals surface area contributed by atoms with Crippen LogP contribution in [0, 0.1) is 0 Å². The fraction of sp³-hybridized carbons (Fsp3) is 0.154. The molecule has 9 heteroatoms. The van der Waals surface area contributed by atoms with Gasteiger partial charge in [0.25, 0.3) is 5.91 Å². The number of carbonyl (C=O) groups is 1. The van der Waals surface area contributed by atoms with Crippen LogP contribution in [0.4, 0.5) is 0 Å². The first kappa shape index (κ1) is 25.0. The zero-order valence-electron chi connectivity index (χ0n) is 19.1. The summed E-state index contributed by atoms with van der Waals surface area (Å²) in [5.74, 6) is 1.85. The molecule has 0 spiro atoms. The molecule has 1 aromatic heterocycles. The smallest absolute Gasteiger partial charge is 0.254 e. The molecule has 0 unspecified atom stereocenters. The van der Waals surface area contributed by atoms with Gasteiger partial charge < -0.3 is 19.8 Å². The molecule has 0 radical (unpaired) electrons. The molecule has 0 atom stereocenters. The van der Waals surface area contributed by atoms with E-state index in [1.807, 2.05) is 48.5 Å². The monoisotopic (exact) mass is 527 g/mol. The minimum absolute atomic E-state index is 0.280. The van der Waals surface area contributed by atoms with Crippen LogP contribution in [0.1, 0.15) is 10.4 Å². The van der Waals surface area contributed by atoms with Crippen molar-refractivity contribution in [1.29, 1.82) is 0 Å². The number of benzene rings is 3. The van der Waals surface area contributed by atoms with E-state index in [0.717, 1.165) is 39.2 Å². The van der Waals surface area contributed by atoms with Gasteiger partial charge in [0.15, 0.2) is 5.16 Å². The molecule has 1 amide bonds. The first-order valence-corrected chi connectivity index (χ1v) is 12.5. The van der Waals surface area contributed by atoms with Gasteiger partial charge in [-0.25, -0.2) is 4.98 Å². The third-order valence-corrected chi connectivity index (χ3v) is 6.75. The number of hydrogen-bond acceptors (Lipinski definition) is 5. The largest absolute Gasteiger partial charge is 0.497 e. The summed E-state index contributed by atoms with van der Waals surface area (Å²) in [7, 11) is 3.28. The van der Waals surface area contributed by atoms with Crippen molar-refractivity contribution in [3.8, 4) is 34.0 Å². The summed E-state index contributed by atoms with van der Waals surface area (Å²) in [5, 5.41) is 4.25. The molecule has 0 aliphatic carbocycles. The van der Waals surface area contributed by atoms with Crippen LogP contribution in [0.25, 0.3) is 22.5 Å². The lowest BCUT2D eigenvalue weighted by atomic mass is 10.0. The number of halogens is 2. The van der Waals surface area contributed by atoms with Crippen molar-refractivity contribution in [2.45, 2.75) is 5.16 Å². The third-order valence-electron chi connectivity index (χ3n) is 5.24. The summed E-state index contributed by atoms with van der Waals surface area (Å²) in [6, 6.07) is 20.6. The maximum atomic E-state index is 12.5. The number of aromatic amines is 1. The van der Waals surface area contributed by atoms with Crippen molar-refractivity contribution >= 4 is 40.9 Å². The highest BCUT2D eigenvalue weighted by Crippen LogP contribution is 2.34.